The summed E-state index contributed by atoms with van der Waals surface area (Å²) in [4.78, 5) is 27.9. The lowest BCUT2D eigenvalue weighted by Gasteiger charge is -2.13. The molecule has 0 bridgehead atoms. The molecule has 0 heterocycles. The van der Waals surface area contributed by atoms with Crippen LogP contribution < -0.4 is 15.1 Å². The molecular formula is C20H25N3O3. The number of anilines is 2. The van der Waals surface area contributed by atoms with Crippen molar-refractivity contribution >= 4 is 23.3 Å². The summed E-state index contributed by atoms with van der Waals surface area (Å²) in [6.45, 7) is 0.0843. The molecule has 0 fully saturated rings. The van der Waals surface area contributed by atoms with Gasteiger partial charge < -0.3 is 19.9 Å². The number of benzene rings is 2. The Hall–Kier alpha value is -3.02. The van der Waals surface area contributed by atoms with E-state index in [4.69, 9.17) is 4.74 Å². The number of nitrogens with one attached hydrogen (secondary N) is 1. The molecule has 6 heteroatoms. The molecule has 1 amide bonds. The van der Waals surface area contributed by atoms with Gasteiger partial charge in [-0.3, -0.25) is 4.79 Å². The SMILES string of the molecule is CN(C)c1ccc(CNC(=O)COC(=O)c2cccc(N(C)C)c2)cc1. The van der Waals surface area contributed by atoms with Gasteiger partial charge in [0.1, 0.15) is 0 Å². The number of hydrogen-bond acceptors (Lipinski definition) is 5. The molecule has 2 rings (SSSR count). The standard InChI is InChI=1S/C20H25N3O3/c1-22(2)17-10-8-15(9-11-17)13-21-19(24)14-26-20(25)16-6-5-7-18(12-16)23(3)4/h5-12H,13-14H2,1-4H3,(H,21,24). The topological polar surface area (TPSA) is 61.9 Å². The molecule has 138 valence electrons. The second-order valence-corrected chi connectivity index (χ2v) is 6.36. The molecule has 0 aliphatic carbocycles. The fourth-order valence-electron chi connectivity index (χ4n) is 2.29. The third kappa shape index (κ3) is 5.51. The van der Waals surface area contributed by atoms with Gasteiger partial charge in [-0.2, -0.15) is 0 Å². The fourth-order valence-corrected chi connectivity index (χ4v) is 2.29. The minimum atomic E-state index is -0.515. The first-order valence-corrected chi connectivity index (χ1v) is 8.34. The first-order valence-electron chi connectivity index (χ1n) is 8.34. The molecule has 0 saturated heterocycles. The maximum atomic E-state index is 12.1. The van der Waals surface area contributed by atoms with Crippen LogP contribution in [0.4, 0.5) is 11.4 Å². The van der Waals surface area contributed by atoms with Crippen LogP contribution in [0.25, 0.3) is 0 Å². The summed E-state index contributed by atoms with van der Waals surface area (Å²) < 4.78 is 5.09. The minimum absolute atomic E-state index is 0.305. The smallest absolute Gasteiger partial charge is 0.338 e. The molecule has 0 saturated carbocycles. The number of ether oxygens (including phenoxy) is 1. The molecule has 0 aliphatic rings. The van der Waals surface area contributed by atoms with Gasteiger partial charge >= 0.3 is 5.97 Å². The van der Waals surface area contributed by atoms with Crippen molar-refractivity contribution in [1.29, 1.82) is 0 Å². The van der Waals surface area contributed by atoms with Gasteiger partial charge in [0.25, 0.3) is 5.91 Å². The zero-order valence-corrected chi connectivity index (χ0v) is 15.7. The summed E-state index contributed by atoms with van der Waals surface area (Å²) in [5.41, 5.74) is 3.39. The summed E-state index contributed by atoms with van der Waals surface area (Å²) in [7, 11) is 7.73. The van der Waals surface area contributed by atoms with E-state index in [0.29, 0.717) is 12.1 Å². The second kappa shape index (κ2) is 8.89. The van der Waals surface area contributed by atoms with Crippen LogP contribution in [0.3, 0.4) is 0 Å². The maximum Gasteiger partial charge on any atom is 0.338 e. The number of rotatable bonds is 7. The molecule has 0 radical (unpaired) electrons. The molecule has 0 atom stereocenters. The minimum Gasteiger partial charge on any atom is -0.452 e. The van der Waals surface area contributed by atoms with E-state index >= 15 is 0 Å². The number of hydrogen-bond donors (Lipinski definition) is 1. The van der Waals surface area contributed by atoms with Gasteiger partial charge in [0, 0.05) is 46.1 Å². The largest absolute Gasteiger partial charge is 0.452 e. The predicted octanol–water partition coefficient (Wildman–Crippen LogP) is 2.29. The predicted molar refractivity (Wildman–Crippen MR) is 104 cm³/mol. The molecule has 2 aromatic rings. The van der Waals surface area contributed by atoms with E-state index in [9.17, 15) is 9.59 Å². The highest BCUT2D eigenvalue weighted by Gasteiger charge is 2.11. The number of carbonyl (C=O) groups excluding carboxylic acids is 2. The maximum absolute atomic E-state index is 12.1. The molecule has 0 unspecified atom stereocenters. The average molecular weight is 355 g/mol. The van der Waals surface area contributed by atoms with Crippen LogP contribution in [-0.2, 0) is 16.1 Å². The van der Waals surface area contributed by atoms with Crippen LogP contribution in [0.15, 0.2) is 48.5 Å². The van der Waals surface area contributed by atoms with E-state index in [1.807, 2.05) is 68.3 Å². The highest BCUT2D eigenvalue weighted by molar-refractivity contribution is 5.92. The van der Waals surface area contributed by atoms with Crippen LogP contribution in [-0.4, -0.2) is 46.7 Å². The van der Waals surface area contributed by atoms with Crippen LogP contribution in [0.2, 0.25) is 0 Å². The Morgan fingerprint density at radius 3 is 2.19 bits per heavy atom. The van der Waals surface area contributed by atoms with Gasteiger partial charge in [0.2, 0.25) is 0 Å². The molecule has 26 heavy (non-hydrogen) atoms. The van der Waals surface area contributed by atoms with Crippen LogP contribution in [0.5, 0.6) is 0 Å². The Morgan fingerprint density at radius 1 is 0.923 bits per heavy atom. The molecular weight excluding hydrogens is 330 g/mol. The lowest BCUT2D eigenvalue weighted by molar-refractivity contribution is -0.124. The fraction of sp³-hybridized carbons (Fsp3) is 0.300. The van der Waals surface area contributed by atoms with Crippen LogP contribution in [0.1, 0.15) is 15.9 Å². The highest BCUT2D eigenvalue weighted by Crippen LogP contribution is 2.14. The van der Waals surface area contributed by atoms with Crippen molar-refractivity contribution in [3.8, 4) is 0 Å². The Balaban J connectivity index is 1.81. The van der Waals surface area contributed by atoms with Crippen molar-refractivity contribution in [1.82, 2.24) is 5.32 Å². The first-order chi connectivity index (χ1) is 12.4. The van der Waals surface area contributed by atoms with Crippen molar-refractivity contribution < 1.29 is 14.3 Å². The molecule has 2 aromatic carbocycles. The Labute approximate surface area is 154 Å². The van der Waals surface area contributed by atoms with Crippen molar-refractivity contribution in [2.45, 2.75) is 6.54 Å². The lowest BCUT2D eigenvalue weighted by Crippen LogP contribution is -2.28. The normalized spacial score (nSPS) is 10.2. The van der Waals surface area contributed by atoms with Gasteiger partial charge in [-0.1, -0.05) is 18.2 Å². The number of esters is 1. The summed E-state index contributed by atoms with van der Waals surface area (Å²) in [5, 5.41) is 2.75. The Bertz CT molecular complexity index is 755. The van der Waals surface area contributed by atoms with Crippen LogP contribution >= 0.6 is 0 Å². The molecule has 0 aromatic heterocycles. The highest BCUT2D eigenvalue weighted by atomic mass is 16.5. The lowest BCUT2D eigenvalue weighted by atomic mass is 10.2. The molecule has 6 nitrogen and oxygen atoms in total. The van der Waals surface area contributed by atoms with E-state index in [0.717, 1.165) is 16.9 Å². The van der Waals surface area contributed by atoms with E-state index < -0.39 is 5.97 Å². The van der Waals surface area contributed by atoms with Gasteiger partial charge in [-0.25, -0.2) is 4.79 Å². The quantitative estimate of drug-likeness (QED) is 0.772. The summed E-state index contributed by atoms with van der Waals surface area (Å²) in [5.74, 6) is -0.849. The number of nitrogens with zero attached hydrogens (tertiary/aromatic N) is 2. The summed E-state index contributed by atoms with van der Waals surface area (Å²) in [6.07, 6.45) is 0. The van der Waals surface area contributed by atoms with E-state index in [2.05, 4.69) is 5.32 Å². The number of amides is 1. The van der Waals surface area contributed by atoms with Gasteiger partial charge in [-0.05, 0) is 35.9 Å². The van der Waals surface area contributed by atoms with Gasteiger partial charge in [0.05, 0.1) is 5.56 Å². The monoisotopic (exact) mass is 355 g/mol. The zero-order chi connectivity index (χ0) is 19.1. The molecule has 0 spiro atoms. The van der Waals surface area contributed by atoms with Crippen molar-refractivity contribution in [3.63, 3.8) is 0 Å². The van der Waals surface area contributed by atoms with Gasteiger partial charge in [0.15, 0.2) is 6.61 Å². The van der Waals surface area contributed by atoms with E-state index in [1.165, 1.54) is 0 Å². The van der Waals surface area contributed by atoms with Crippen molar-refractivity contribution in [2.24, 2.45) is 0 Å². The number of carbonyl (C=O) groups is 2. The summed E-state index contributed by atoms with van der Waals surface area (Å²) >= 11 is 0. The Kier molecular flexibility index (Phi) is 6.60. The first kappa shape index (κ1) is 19.3. The van der Waals surface area contributed by atoms with Gasteiger partial charge in [-0.15, -0.1) is 0 Å². The second-order valence-electron chi connectivity index (χ2n) is 6.36. The van der Waals surface area contributed by atoms with Crippen LogP contribution in [0, 0.1) is 0 Å². The van der Waals surface area contributed by atoms with E-state index in [1.54, 1.807) is 18.2 Å². The van der Waals surface area contributed by atoms with E-state index in [-0.39, 0.29) is 12.5 Å². The molecule has 1 N–H and O–H groups in total. The average Bonchev–Trinajstić information content (AvgIpc) is 2.64. The zero-order valence-electron chi connectivity index (χ0n) is 15.7. The molecule has 0 aliphatic heterocycles. The Morgan fingerprint density at radius 2 is 1.58 bits per heavy atom. The third-order valence-electron chi connectivity index (χ3n) is 3.88. The third-order valence-corrected chi connectivity index (χ3v) is 3.88. The van der Waals surface area contributed by atoms with Crippen molar-refractivity contribution in [2.75, 3.05) is 44.6 Å². The van der Waals surface area contributed by atoms with Crippen molar-refractivity contribution in [3.05, 3.63) is 59.7 Å². The summed E-state index contributed by atoms with van der Waals surface area (Å²) in [6, 6.07) is 14.9.